The molecule has 1 fully saturated rings. The average Bonchev–Trinajstić information content (AvgIpc) is 3.20. The summed E-state index contributed by atoms with van der Waals surface area (Å²) >= 11 is 0. The molecule has 0 amide bonds. The Balaban J connectivity index is 0.00000180. The zero-order valence-electron chi connectivity index (χ0n) is 11.5. The van der Waals surface area contributed by atoms with Gasteiger partial charge in [-0.1, -0.05) is 18.2 Å². The van der Waals surface area contributed by atoms with E-state index >= 15 is 0 Å². The Morgan fingerprint density at radius 1 is 1.42 bits per heavy atom. The second-order valence-corrected chi connectivity index (χ2v) is 4.96. The van der Waals surface area contributed by atoms with Gasteiger partial charge in [0.15, 0.2) is 5.96 Å². The Morgan fingerprint density at radius 3 is 2.63 bits per heavy atom. The van der Waals surface area contributed by atoms with Crippen LogP contribution in [0.5, 0.6) is 0 Å². The number of halogens is 1. The zero-order chi connectivity index (χ0) is 13.0. The van der Waals surface area contributed by atoms with Crippen molar-refractivity contribution in [2.75, 3.05) is 18.9 Å². The van der Waals surface area contributed by atoms with Crippen LogP contribution >= 0.6 is 24.0 Å². The van der Waals surface area contributed by atoms with Gasteiger partial charge >= 0.3 is 0 Å². The number of guanidine groups is 1. The van der Waals surface area contributed by atoms with Crippen molar-refractivity contribution in [1.29, 1.82) is 0 Å². The lowest BCUT2D eigenvalue weighted by atomic mass is 10.3. The second-order valence-electron chi connectivity index (χ2n) is 4.96. The van der Waals surface area contributed by atoms with Crippen molar-refractivity contribution < 1.29 is 0 Å². The molecule has 4 nitrogen and oxygen atoms in total. The summed E-state index contributed by atoms with van der Waals surface area (Å²) in [6, 6.07) is 11.1. The van der Waals surface area contributed by atoms with Crippen molar-refractivity contribution in [3.8, 4) is 0 Å². The van der Waals surface area contributed by atoms with Gasteiger partial charge in [0.1, 0.15) is 0 Å². The minimum absolute atomic E-state index is 0. The van der Waals surface area contributed by atoms with Crippen LogP contribution in [0.3, 0.4) is 0 Å². The molecule has 1 aliphatic carbocycles. The molecule has 1 aromatic rings. The van der Waals surface area contributed by atoms with Gasteiger partial charge in [-0.15, -0.1) is 24.0 Å². The number of hydrogen-bond donors (Lipinski definition) is 2. The maximum absolute atomic E-state index is 5.87. The Hall–Kier alpha value is -0.820. The summed E-state index contributed by atoms with van der Waals surface area (Å²) in [5.41, 5.74) is 6.84. The van der Waals surface area contributed by atoms with E-state index in [2.05, 4.69) is 29.2 Å². The van der Waals surface area contributed by atoms with E-state index in [4.69, 9.17) is 5.73 Å². The number of para-hydroxylation sites is 1. The third-order valence-electron chi connectivity index (χ3n) is 3.39. The highest BCUT2D eigenvalue weighted by Crippen LogP contribution is 2.26. The molecule has 0 aromatic heterocycles. The number of anilines is 1. The van der Waals surface area contributed by atoms with Gasteiger partial charge < -0.3 is 11.1 Å². The maximum atomic E-state index is 5.87. The van der Waals surface area contributed by atoms with Gasteiger partial charge in [-0.3, -0.25) is 9.89 Å². The quantitative estimate of drug-likeness (QED) is 0.473. The van der Waals surface area contributed by atoms with Gasteiger partial charge in [0.25, 0.3) is 0 Å². The average molecular weight is 374 g/mol. The Bertz CT molecular complexity index is 403. The topological polar surface area (TPSA) is 53.6 Å². The summed E-state index contributed by atoms with van der Waals surface area (Å²) < 4.78 is 0. The third-order valence-corrected chi connectivity index (χ3v) is 3.39. The molecule has 1 unspecified atom stereocenters. The minimum atomic E-state index is 0. The molecule has 3 N–H and O–H groups in total. The molecule has 0 spiro atoms. The molecule has 0 saturated heterocycles. The van der Waals surface area contributed by atoms with Crippen molar-refractivity contribution in [2.45, 2.75) is 31.8 Å². The first kappa shape index (κ1) is 16.2. The van der Waals surface area contributed by atoms with Crippen LogP contribution in [-0.4, -0.2) is 36.5 Å². The summed E-state index contributed by atoms with van der Waals surface area (Å²) in [6.07, 6.45) is 2.64. The Labute approximate surface area is 132 Å². The highest BCUT2D eigenvalue weighted by Gasteiger charge is 2.28. The van der Waals surface area contributed by atoms with Crippen LogP contribution in [0.25, 0.3) is 0 Å². The van der Waals surface area contributed by atoms with Crippen molar-refractivity contribution in [2.24, 2.45) is 10.7 Å². The number of rotatable bonds is 5. The third kappa shape index (κ3) is 5.36. The summed E-state index contributed by atoms with van der Waals surface area (Å²) in [5, 5.41) is 3.09. The number of likely N-dealkylation sites (N-methyl/N-ethyl adjacent to an activating group) is 1. The summed E-state index contributed by atoms with van der Waals surface area (Å²) in [4.78, 5) is 6.78. The minimum Gasteiger partial charge on any atom is -0.370 e. The van der Waals surface area contributed by atoms with Crippen molar-refractivity contribution in [3.63, 3.8) is 0 Å². The van der Waals surface area contributed by atoms with Gasteiger partial charge in [-0.05, 0) is 38.9 Å². The van der Waals surface area contributed by atoms with Crippen LogP contribution in [0.4, 0.5) is 5.69 Å². The molecule has 1 saturated carbocycles. The van der Waals surface area contributed by atoms with Crippen LogP contribution in [0, 0.1) is 0 Å². The Kier molecular flexibility index (Phi) is 6.57. The molecule has 1 atom stereocenters. The van der Waals surface area contributed by atoms with E-state index in [9.17, 15) is 0 Å². The molecule has 1 aromatic carbocycles. The number of nitrogens with one attached hydrogen (secondary N) is 1. The lowest BCUT2D eigenvalue weighted by Crippen LogP contribution is -2.34. The fourth-order valence-electron chi connectivity index (χ4n) is 1.91. The first-order valence-corrected chi connectivity index (χ1v) is 6.50. The standard InChI is InChI=1S/C14H22N4.HI/c1-11(18(2)13-8-9-13)10-16-14(15)17-12-6-4-3-5-7-12;/h3-7,11,13H,8-10H2,1-2H3,(H3,15,16,17);1H. The van der Waals surface area contributed by atoms with E-state index in [0.717, 1.165) is 18.3 Å². The van der Waals surface area contributed by atoms with E-state index in [1.54, 1.807) is 0 Å². The zero-order valence-corrected chi connectivity index (χ0v) is 13.9. The first-order valence-electron chi connectivity index (χ1n) is 6.50. The van der Waals surface area contributed by atoms with E-state index in [-0.39, 0.29) is 24.0 Å². The van der Waals surface area contributed by atoms with Crippen LogP contribution in [0.2, 0.25) is 0 Å². The second kappa shape index (κ2) is 7.69. The predicted molar refractivity (Wildman–Crippen MR) is 92.2 cm³/mol. The molecular formula is C14H23IN4. The molecule has 0 bridgehead atoms. The highest BCUT2D eigenvalue weighted by atomic mass is 127. The molecule has 19 heavy (non-hydrogen) atoms. The van der Waals surface area contributed by atoms with E-state index < -0.39 is 0 Å². The molecule has 5 heteroatoms. The van der Waals surface area contributed by atoms with E-state index in [1.807, 2.05) is 30.3 Å². The number of benzene rings is 1. The van der Waals surface area contributed by atoms with Crippen molar-refractivity contribution in [1.82, 2.24) is 4.90 Å². The fourth-order valence-corrected chi connectivity index (χ4v) is 1.91. The van der Waals surface area contributed by atoms with Crippen molar-refractivity contribution in [3.05, 3.63) is 30.3 Å². The molecule has 106 valence electrons. The van der Waals surface area contributed by atoms with E-state index in [0.29, 0.717) is 12.0 Å². The Morgan fingerprint density at radius 2 is 2.05 bits per heavy atom. The van der Waals surface area contributed by atoms with Gasteiger partial charge in [-0.25, -0.2) is 0 Å². The van der Waals surface area contributed by atoms with Gasteiger partial charge in [0, 0.05) is 17.8 Å². The lowest BCUT2D eigenvalue weighted by molar-refractivity contribution is 0.253. The predicted octanol–water partition coefficient (Wildman–Crippen LogP) is 2.51. The largest absolute Gasteiger partial charge is 0.370 e. The fraction of sp³-hybridized carbons (Fsp3) is 0.500. The normalized spacial score (nSPS) is 16.9. The molecule has 0 heterocycles. The number of nitrogens with two attached hydrogens (primary N) is 1. The lowest BCUT2D eigenvalue weighted by Gasteiger charge is -2.22. The first-order chi connectivity index (χ1) is 8.66. The smallest absolute Gasteiger partial charge is 0.193 e. The monoisotopic (exact) mass is 374 g/mol. The van der Waals surface area contributed by atoms with Gasteiger partial charge in [0.05, 0.1) is 6.54 Å². The van der Waals surface area contributed by atoms with Gasteiger partial charge in [0.2, 0.25) is 0 Å². The molecule has 2 rings (SSSR count). The van der Waals surface area contributed by atoms with Gasteiger partial charge in [-0.2, -0.15) is 0 Å². The van der Waals surface area contributed by atoms with Crippen LogP contribution in [0.1, 0.15) is 19.8 Å². The summed E-state index contributed by atoms with van der Waals surface area (Å²) in [5.74, 6) is 0.484. The molecule has 0 aliphatic heterocycles. The molecule has 0 radical (unpaired) electrons. The summed E-state index contributed by atoms with van der Waals surface area (Å²) in [7, 11) is 2.17. The summed E-state index contributed by atoms with van der Waals surface area (Å²) in [6.45, 7) is 2.93. The van der Waals surface area contributed by atoms with Crippen LogP contribution in [-0.2, 0) is 0 Å². The van der Waals surface area contributed by atoms with Crippen LogP contribution in [0.15, 0.2) is 35.3 Å². The number of nitrogens with zero attached hydrogens (tertiary/aromatic N) is 2. The number of aliphatic imine (C=N–C) groups is 1. The SMILES string of the molecule is CC(CN=C(N)Nc1ccccc1)N(C)C1CC1.I. The van der Waals surface area contributed by atoms with Crippen LogP contribution < -0.4 is 11.1 Å². The number of hydrogen-bond acceptors (Lipinski definition) is 2. The van der Waals surface area contributed by atoms with Crippen molar-refractivity contribution >= 4 is 35.6 Å². The maximum Gasteiger partial charge on any atom is 0.193 e. The molecular weight excluding hydrogens is 351 g/mol. The van der Waals surface area contributed by atoms with E-state index in [1.165, 1.54) is 12.8 Å². The molecule has 1 aliphatic rings. The highest BCUT2D eigenvalue weighted by molar-refractivity contribution is 14.0.